The molecule has 0 unspecified atom stereocenters. The SMILES string of the molecule is CC(C)(C)OC(=O)N1CCCN1[C@](C)(O)c1cccc(F)c1. The van der Waals surface area contributed by atoms with Crippen LogP contribution in [0.4, 0.5) is 9.18 Å². The van der Waals surface area contributed by atoms with E-state index in [2.05, 4.69) is 0 Å². The summed E-state index contributed by atoms with van der Waals surface area (Å²) in [6.07, 6.45) is 0.201. The lowest BCUT2D eigenvalue weighted by atomic mass is 10.0. The van der Waals surface area contributed by atoms with Crippen molar-refractivity contribution in [2.75, 3.05) is 13.1 Å². The number of amides is 1. The number of aliphatic hydroxyl groups is 1. The first kappa shape index (κ1) is 16.7. The molecule has 1 saturated heterocycles. The van der Waals surface area contributed by atoms with Crippen LogP contribution in [0.1, 0.15) is 39.7 Å². The van der Waals surface area contributed by atoms with Gasteiger partial charge in [-0.15, -0.1) is 0 Å². The van der Waals surface area contributed by atoms with Crippen molar-refractivity contribution in [2.45, 2.75) is 45.4 Å². The third kappa shape index (κ3) is 3.56. The molecule has 1 amide bonds. The predicted molar refractivity (Wildman–Crippen MR) is 80.2 cm³/mol. The molecule has 0 spiro atoms. The Bertz CT molecular complexity index is 555. The monoisotopic (exact) mass is 310 g/mol. The number of carbonyl (C=O) groups excluding carboxylic acids is 1. The van der Waals surface area contributed by atoms with Gasteiger partial charge in [-0.3, -0.25) is 0 Å². The zero-order valence-corrected chi connectivity index (χ0v) is 13.5. The number of hydrogen-bond donors (Lipinski definition) is 1. The third-order valence-corrected chi connectivity index (χ3v) is 3.51. The minimum Gasteiger partial charge on any atom is -0.443 e. The topological polar surface area (TPSA) is 53.0 Å². The molecule has 1 heterocycles. The predicted octanol–water partition coefficient (Wildman–Crippen LogP) is 2.85. The molecule has 1 aromatic carbocycles. The van der Waals surface area contributed by atoms with Crippen molar-refractivity contribution in [2.24, 2.45) is 0 Å². The zero-order valence-electron chi connectivity index (χ0n) is 13.5. The minimum atomic E-state index is -1.49. The molecular weight excluding hydrogens is 287 g/mol. The summed E-state index contributed by atoms with van der Waals surface area (Å²) in [7, 11) is 0. The van der Waals surface area contributed by atoms with E-state index >= 15 is 0 Å². The largest absolute Gasteiger partial charge is 0.443 e. The maximum absolute atomic E-state index is 13.4. The fourth-order valence-electron chi connectivity index (χ4n) is 2.50. The number of ether oxygens (including phenoxy) is 1. The van der Waals surface area contributed by atoms with Crippen molar-refractivity contribution in [3.8, 4) is 0 Å². The summed E-state index contributed by atoms with van der Waals surface area (Å²) >= 11 is 0. The van der Waals surface area contributed by atoms with Gasteiger partial charge in [-0.05, 0) is 46.2 Å². The van der Waals surface area contributed by atoms with Crippen LogP contribution in [0.5, 0.6) is 0 Å². The summed E-state index contributed by atoms with van der Waals surface area (Å²) < 4.78 is 18.8. The van der Waals surface area contributed by atoms with Crippen LogP contribution in [0.2, 0.25) is 0 Å². The minimum absolute atomic E-state index is 0.392. The number of hydrazine groups is 1. The van der Waals surface area contributed by atoms with Crippen LogP contribution in [-0.4, -0.2) is 39.9 Å². The molecule has 1 fully saturated rings. The first-order valence-electron chi connectivity index (χ1n) is 7.38. The molecule has 0 bridgehead atoms. The molecule has 5 nitrogen and oxygen atoms in total. The molecule has 2 rings (SSSR count). The van der Waals surface area contributed by atoms with E-state index in [9.17, 15) is 14.3 Å². The summed E-state index contributed by atoms with van der Waals surface area (Å²) in [5.41, 5.74) is -1.71. The Morgan fingerprint density at radius 2 is 1.95 bits per heavy atom. The average Bonchev–Trinajstić information content (AvgIpc) is 2.86. The van der Waals surface area contributed by atoms with Crippen LogP contribution in [0.3, 0.4) is 0 Å². The van der Waals surface area contributed by atoms with Crippen molar-refractivity contribution < 1.29 is 19.0 Å². The van der Waals surface area contributed by atoms with Crippen molar-refractivity contribution >= 4 is 6.09 Å². The molecule has 1 atom stereocenters. The van der Waals surface area contributed by atoms with E-state index in [0.717, 1.165) is 0 Å². The molecule has 0 aromatic heterocycles. The second kappa shape index (κ2) is 5.85. The van der Waals surface area contributed by atoms with E-state index in [1.165, 1.54) is 28.2 Å². The highest BCUT2D eigenvalue weighted by molar-refractivity contribution is 5.68. The molecule has 22 heavy (non-hydrogen) atoms. The van der Waals surface area contributed by atoms with E-state index in [-0.39, 0.29) is 0 Å². The fourth-order valence-corrected chi connectivity index (χ4v) is 2.50. The van der Waals surface area contributed by atoms with Crippen LogP contribution in [0.15, 0.2) is 24.3 Å². The summed E-state index contributed by atoms with van der Waals surface area (Å²) in [5.74, 6) is -0.430. The van der Waals surface area contributed by atoms with Crippen LogP contribution < -0.4 is 0 Å². The molecule has 6 heteroatoms. The summed E-state index contributed by atoms with van der Waals surface area (Å²) in [4.78, 5) is 12.3. The van der Waals surface area contributed by atoms with Gasteiger partial charge in [0.2, 0.25) is 0 Å². The fraction of sp³-hybridized carbons (Fsp3) is 0.562. The standard InChI is InChI=1S/C16H23FN2O3/c1-15(2,3)22-14(20)18-9-6-10-19(18)16(4,21)12-7-5-8-13(17)11-12/h5,7-8,11,21H,6,9-10H2,1-4H3/t16-/m1/s1. The molecule has 1 N–H and O–H groups in total. The van der Waals surface area contributed by atoms with E-state index in [4.69, 9.17) is 4.74 Å². The Kier molecular flexibility index (Phi) is 4.44. The van der Waals surface area contributed by atoms with Gasteiger partial charge in [0.05, 0.1) is 0 Å². The van der Waals surface area contributed by atoms with Crippen molar-refractivity contribution in [3.05, 3.63) is 35.6 Å². The maximum atomic E-state index is 13.4. The normalized spacial score (nSPS) is 19.1. The Morgan fingerprint density at radius 1 is 1.27 bits per heavy atom. The van der Waals surface area contributed by atoms with Gasteiger partial charge in [0.15, 0.2) is 5.72 Å². The molecule has 0 radical (unpaired) electrons. The summed E-state index contributed by atoms with van der Waals surface area (Å²) in [5, 5.41) is 13.7. The number of benzene rings is 1. The summed E-state index contributed by atoms with van der Waals surface area (Å²) in [6.45, 7) is 7.86. The van der Waals surface area contributed by atoms with Gasteiger partial charge in [-0.2, -0.15) is 5.01 Å². The van der Waals surface area contributed by atoms with E-state index in [1.807, 2.05) is 0 Å². The molecule has 0 aliphatic carbocycles. The highest BCUT2D eigenvalue weighted by Gasteiger charge is 2.42. The number of hydrogen-bond acceptors (Lipinski definition) is 4. The van der Waals surface area contributed by atoms with Crippen molar-refractivity contribution in [1.82, 2.24) is 10.0 Å². The van der Waals surface area contributed by atoms with Gasteiger partial charge in [0.1, 0.15) is 11.4 Å². The Balaban J connectivity index is 2.24. The van der Waals surface area contributed by atoms with Crippen LogP contribution in [0, 0.1) is 5.82 Å². The maximum Gasteiger partial charge on any atom is 0.425 e. The van der Waals surface area contributed by atoms with Crippen LogP contribution >= 0.6 is 0 Å². The first-order chi connectivity index (χ1) is 10.1. The Hall–Kier alpha value is -1.66. The molecule has 1 aromatic rings. The first-order valence-corrected chi connectivity index (χ1v) is 7.38. The molecule has 1 aliphatic rings. The van der Waals surface area contributed by atoms with Gasteiger partial charge in [0, 0.05) is 18.7 Å². The van der Waals surface area contributed by atoms with E-state index in [1.54, 1.807) is 33.8 Å². The zero-order chi connectivity index (χ0) is 16.5. The van der Waals surface area contributed by atoms with Gasteiger partial charge in [0.25, 0.3) is 0 Å². The molecule has 0 saturated carbocycles. The van der Waals surface area contributed by atoms with Crippen LogP contribution in [-0.2, 0) is 10.5 Å². The lowest BCUT2D eigenvalue weighted by Crippen LogP contribution is -2.53. The second-order valence-corrected chi connectivity index (χ2v) is 6.61. The smallest absolute Gasteiger partial charge is 0.425 e. The lowest BCUT2D eigenvalue weighted by Gasteiger charge is -2.40. The van der Waals surface area contributed by atoms with Crippen molar-refractivity contribution in [1.29, 1.82) is 0 Å². The van der Waals surface area contributed by atoms with E-state index < -0.39 is 23.2 Å². The van der Waals surface area contributed by atoms with E-state index in [0.29, 0.717) is 25.1 Å². The van der Waals surface area contributed by atoms with Gasteiger partial charge < -0.3 is 9.84 Å². The highest BCUT2D eigenvalue weighted by atomic mass is 19.1. The summed E-state index contributed by atoms with van der Waals surface area (Å²) in [6, 6.07) is 5.75. The number of nitrogens with zero attached hydrogens (tertiary/aromatic N) is 2. The average molecular weight is 310 g/mol. The Morgan fingerprint density at radius 3 is 2.55 bits per heavy atom. The van der Waals surface area contributed by atoms with Gasteiger partial charge in [-0.1, -0.05) is 12.1 Å². The Labute approximate surface area is 130 Å². The van der Waals surface area contributed by atoms with Gasteiger partial charge >= 0.3 is 6.09 Å². The van der Waals surface area contributed by atoms with Gasteiger partial charge in [-0.25, -0.2) is 14.2 Å². The lowest BCUT2D eigenvalue weighted by molar-refractivity contribution is -0.179. The number of halogens is 1. The third-order valence-electron chi connectivity index (χ3n) is 3.51. The number of rotatable bonds is 2. The molecule has 1 aliphatic heterocycles. The second-order valence-electron chi connectivity index (χ2n) is 6.61. The van der Waals surface area contributed by atoms with Crippen molar-refractivity contribution in [3.63, 3.8) is 0 Å². The number of carbonyl (C=O) groups is 1. The quantitative estimate of drug-likeness (QED) is 0.912. The molecule has 122 valence electrons. The van der Waals surface area contributed by atoms with Crippen LogP contribution in [0.25, 0.3) is 0 Å². The molecular formula is C16H23FN2O3. The highest BCUT2D eigenvalue weighted by Crippen LogP contribution is 2.31.